The van der Waals surface area contributed by atoms with E-state index in [4.69, 9.17) is 10.5 Å². The second-order valence-corrected chi connectivity index (χ2v) is 5.80. The van der Waals surface area contributed by atoms with Gasteiger partial charge in [0.1, 0.15) is 0 Å². The van der Waals surface area contributed by atoms with Crippen LogP contribution in [0, 0.1) is 10.1 Å². The first-order chi connectivity index (χ1) is 12.3. The van der Waals surface area contributed by atoms with Crippen LogP contribution in [0.2, 0.25) is 0 Å². The topological polar surface area (TPSA) is 116 Å². The van der Waals surface area contributed by atoms with Crippen molar-refractivity contribution in [3.8, 4) is 0 Å². The van der Waals surface area contributed by atoms with Gasteiger partial charge in [-0.1, -0.05) is 18.2 Å². The number of para-hydroxylation sites is 1. The number of rotatable bonds is 6. The molecule has 0 saturated carbocycles. The van der Waals surface area contributed by atoms with Gasteiger partial charge in [0.25, 0.3) is 11.6 Å². The number of esters is 1. The van der Waals surface area contributed by atoms with Crippen molar-refractivity contribution in [3.05, 3.63) is 64.2 Å². The van der Waals surface area contributed by atoms with Crippen molar-refractivity contribution in [1.29, 1.82) is 0 Å². The summed E-state index contributed by atoms with van der Waals surface area (Å²) in [6.07, 6.45) is 0. The van der Waals surface area contributed by atoms with Gasteiger partial charge in [0.2, 0.25) is 0 Å². The molecule has 0 radical (unpaired) electrons. The van der Waals surface area contributed by atoms with Crippen LogP contribution in [0.3, 0.4) is 0 Å². The highest BCUT2D eigenvalue weighted by Crippen LogP contribution is 2.21. The highest BCUT2D eigenvalue weighted by atomic mass is 16.6. The number of hydrogen-bond acceptors (Lipinski definition) is 6. The molecule has 0 saturated heterocycles. The molecule has 2 N–H and O–H groups in total. The molecule has 1 amide bonds. The minimum Gasteiger partial charge on any atom is -0.452 e. The van der Waals surface area contributed by atoms with Crippen molar-refractivity contribution in [3.63, 3.8) is 0 Å². The lowest BCUT2D eigenvalue weighted by atomic mass is 10.1. The number of ether oxygens (including phenoxy) is 1. The minimum absolute atomic E-state index is 0.0387. The predicted molar refractivity (Wildman–Crippen MR) is 96.9 cm³/mol. The molecule has 2 aromatic rings. The third-order valence-electron chi connectivity index (χ3n) is 3.61. The summed E-state index contributed by atoms with van der Waals surface area (Å²) in [5.74, 6) is -1.31. The number of benzene rings is 2. The van der Waals surface area contributed by atoms with Gasteiger partial charge in [-0.2, -0.15) is 0 Å². The summed E-state index contributed by atoms with van der Waals surface area (Å²) < 4.78 is 5.03. The lowest BCUT2D eigenvalue weighted by Crippen LogP contribution is -2.39. The Bertz CT molecular complexity index is 821. The summed E-state index contributed by atoms with van der Waals surface area (Å²) >= 11 is 0. The fourth-order valence-corrected chi connectivity index (χ4v) is 2.43. The lowest BCUT2D eigenvalue weighted by molar-refractivity contribution is -0.384. The number of anilines is 2. The van der Waals surface area contributed by atoms with E-state index in [1.807, 2.05) is 19.9 Å². The molecule has 0 aromatic heterocycles. The Morgan fingerprint density at radius 1 is 1.19 bits per heavy atom. The fourth-order valence-electron chi connectivity index (χ4n) is 2.43. The van der Waals surface area contributed by atoms with Crippen LogP contribution in [0.5, 0.6) is 0 Å². The van der Waals surface area contributed by atoms with Gasteiger partial charge >= 0.3 is 5.97 Å². The molecule has 8 nitrogen and oxygen atoms in total. The highest BCUT2D eigenvalue weighted by molar-refractivity contribution is 5.99. The molecule has 0 aliphatic heterocycles. The molecule has 0 fully saturated rings. The number of carbonyl (C=O) groups excluding carboxylic acids is 2. The highest BCUT2D eigenvalue weighted by Gasteiger charge is 2.22. The number of nitrogen functional groups attached to an aromatic ring is 1. The van der Waals surface area contributed by atoms with Crippen molar-refractivity contribution in [2.45, 2.75) is 19.9 Å². The molecule has 26 heavy (non-hydrogen) atoms. The molecule has 0 unspecified atom stereocenters. The average Bonchev–Trinajstić information content (AvgIpc) is 2.60. The first-order valence-corrected chi connectivity index (χ1v) is 7.89. The second-order valence-electron chi connectivity index (χ2n) is 5.80. The van der Waals surface area contributed by atoms with Gasteiger partial charge in [-0.25, -0.2) is 4.79 Å². The average molecular weight is 357 g/mol. The van der Waals surface area contributed by atoms with Gasteiger partial charge in [0.05, 0.1) is 10.5 Å². The zero-order chi connectivity index (χ0) is 19.3. The van der Waals surface area contributed by atoms with Crippen LogP contribution >= 0.6 is 0 Å². The predicted octanol–water partition coefficient (Wildman–Crippen LogP) is 2.78. The Labute approximate surface area is 150 Å². The van der Waals surface area contributed by atoms with Gasteiger partial charge < -0.3 is 15.4 Å². The van der Waals surface area contributed by atoms with Crippen molar-refractivity contribution >= 4 is 28.9 Å². The van der Waals surface area contributed by atoms with Crippen LogP contribution in [0.15, 0.2) is 48.5 Å². The number of nitro benzene ring substituents is 1. The van der Waals surface area contributed by atoms with E-state index in [1.165, 1.54) is 17.0 Å². The van der Waals surface area contributed by atoms with Crippen molar-refractivity contribution in [2.24, 2.45) is 0 Å². The van der Waals surface area contributed by atoms with Crippen LogP contribution < -0.4 is 10.6 Å². The first-order valence-electron chi connectivity index (χ1n) is 7.89. The summed E-state index contributed by atoms with van der Waals surface area (Å²) in [6, 6.07) is 12.3. The molecule has 0 spiro atoms. The molecular formula is C18H19N3O5. The molecule has 0 bridgehead atoms. The van der Waals surface area contributed by atoms with Crippen LogP contribution in [0.4, 0.5) is 17.1 Å². The van der Waals surface area contributed by atoms with E-state index in [9.17, 15) is 19.7 Å². The van der Waals surface area contributed by atoms with Crippen molar-refractivity contribution in [2.75, 3.05) is 17.2 Å². The molecule has 0 atom stereocenters. The molecule has 0 aliphatic rings. The molecule has 8 heteroatoms. The summed E-state index contributed by atoms with van der Waals surface area (Å²) in [6.45, 7) is 3.17. The summed E-state index contributed by atoms with van der Waals surface area (Å²) in [4.78, 5) is 36.4. The van der Waals surface area contributed by atoms with Crippen molar-refractivity contribution < 1.29 is 19.2 Å². The lowest BCUT2D eigenvalue weighted by Gasteiger charge is -2.26. The molecule has 0 heterocycles. The third-order valence-corrected chi connectivity index (χ3v) is 3.61. The molecular weight excluding hydrogens is 338 g/mol. The Morgan fingerprint density at radius 3 is 2.42 bits per heavy atom. The second kappa shape index (κ2) is 8.11. The monoisotopic (exact) mass is 357 g/mol. The van der Waals surface area contributed by atoms with Gasteiger partial charge in [0.15, 0.2) is 6.61 Å². The van der Waals surface area contributed by atoms with Gasteiger partial charge in [0, 0.05) is 29.5 Å². The van der Waals surface area contributed by atoms with Gasteiger partial charge in [-0.05, 0) is 32.0 Å². The molecule has 2 rings (SSSR count). The summed E-state index contributed by atoms with van der Waals surface area (Å²) in [5, 5.41) is 10.8. The number of nitrogens with two attached hydrogens (primary N) is 1. The Hall–Kier alpha value is -3.42. The smallest absolute Gasteiger partial charge is 0.341 e. The Morgan fingerprint density at radius 2 is 1.85 bits per heavy atom. The number of nitro groups is 1. The van der Waals surface area contributed by atoms with Gasteiger partial charge in [-0.15, -0.1) is 0 Å². The van der Waals surface area contributed by atoms with E-state index in [2.05, 4.69) is 0 Å². The largest absolute Gasteiger partial charge is 0.452 e. The van der Waals surface area contributed by atoms with Crippen LogP contribution in [-0.2, 0) is 9.53 Å². The maximum atomic E-state index is 12.5. The van der Waals surface area contributed by atoms with Crippen LogP contribution in [0.25, 0.3) is 0 Å². The van der Waals surface area contributed by atoms with E-state index in [-0.39, 0.29) is 23.0 Å². The molecule has 136 valence electrons. The summed E-state index contributed by atoms with van der Waals surface area (Å²) in [7, 11) is 0. The van der Waals surface area contributed by atoms with Gasteiger partial charge in [-0.3, -0.25) is 14.9 Å². The van der Waals surface area contributed by atoms with Crippen LogP contribution in [0.1, 0.15) is 24.2 Å². The Kier molecular flexibility index (Phi) is 5.90. The number of non-ortho nitro benzene ring substituents is 1. The SMILES string of the molecule is CC(C)N(C(=O)COC(=O)c1cc([N+](=O)[O-])ccc1N)c1ccccc1. The number of carbonyl (C=O) groups is 2. The number of hydrogen-bond donors (Lipinski definition) is 1. The Balaban J connectivity index is 2.12. The molecule has 0 aliphatic carbocycles. The van der Waals surface area contributed by atoms with E-state index in [1.54, 1.807) is 24.3 Å². The van der Waals surface area contributed by atoms with E-state index < -0.39 is 23.4 Å². The zero-order valence-corrected chi connectivity index (χ0v) is 14.4. The normalized spacial score (nSPS) is 10.4. The van der Waals surface area contributed by atoms with E-state index in [0.717, 1.165) is 6.07 Å². The van der Waals surface area contributed by atoms with Crippen LogP contribution in [-0.4, -0.2) is 29.4 Å². The maximum absolute atomic E-state index is 12.5. The fraction of sp³-hybridized carbons (Fsp3) is 0.222. The molecule has 2 aromatic carbocycles. The maximum Gasteiger partial charge on any atom is 0.341 e. The number of nitrogens with zero attached hydrogens (tertiary/aromatic N) is 2. The standard InChI is InChI=1S/C18H19N3O5/c1-12(2)20(13-6-4-3-5-7-13)17(22)11-26-18(23)15-10-14(21(24)25)8-9-16(15)19/h3-10,12H,11,19H2,1-2H3. The minimum atomic E-state index is -0.892. The zero-order valence-electron chi connectivity index (χ0n) is 14.4. The summed E-state index contributed by atoms with van der Waals surface area (Å²) in [5.41, 5.74) is 5.96. The third kappa shape index (κ3) is 4.35. The van der Waals surface area contributed by atoms with E-state index >= 15 is 0 Å². The quantitative estimate of drug-likeness (QED) is 0.368. The van der Waals surface area contributed by atoms with E-state index in [0.29, 0.717) is 5.69 Å². The first kappa shape index (κ1) is 18.9. The number of amides is 1. The van der Waals surface area contributed by atoms with Crippen molar-refractivity contribution in [1.82, 2.24) is 0 Å².